The van der Waals surface area contributed by atoms with Crippen LogP contribution in [0.1, 0.15) is 22.2 Å². The Bertz CT molecular complexity index is 1660. The molecule has 182 valence electrons. The Kier molecular flexibility index (Phi) is 6.86. The van der Waals surface area contributed by atoms with Crippen molar-refractivity contribution in [3.8, 4) is 11.1 Å². The number of hydrogen-bond donors (Lipinski definition) is 2. The van der Waals surface area contributed by atoms with Gasteiger partial charge in [0.15, 0.2) is 10.3 Å². The number of aromatic amines is 1. The summed E-state index contributed by atoms with van der Waals surface area (Å²) >= 11 is 3.88. The van der Waals surface area contributed by atoms with E-state index < -0.39 is 5.97 Å². The molecule has 11 heteroatoms. The van der Waals surface area contributed by atoms with Gasteiger partial charge in [0.25, 0.3) is 5.56 Å². The van der Waals surface area contributed by atoms with Crippen LogP contribution in [0.25, 0.3) is 31.6 Å². The van der Waals surface area contributed by atoms with Gasteiger partial charge in [-0.3, -0.25) is 9.59 Å². The number of nitrogens with zero attached hydrogens (tertiary/aromatic N) is 2. The zero-order valence-electron chi connectivity index (χ0n) is 19.3. The highest BCUT2D eigenvalue weighted by atomic mass is 32.2. The monoisotopic (exact) mass is 536 g/mol. The molecular formula is C25H20N4O4S3. The van der Waals surface area contributed by atoms with Gasteiger partial charge in [0.2, 0.25) is 5.91 Å². The molecule has 0 unspecified atom stereocenters. The van der Waals surface area contributed by atoms with Crippen LogP contribution in [0.15, 0.2) is 58.5 Å². The summed E-state index contributed by atoms with van der Waals surface area (Å²) in [4.78, 5) is 50.9. The highest BCUT2D eigenvalue weighted by Crippen LogP contribution is 2.36. The fourth-order valence-corrected chi connectivity index (χ4v) is 6.41. The van der Waals surface area contributed by atoms with E-state index >= 15 is 0 Å². The first-order valence-electron chi connectivity index (χ1n) is 11.0. The number of thioether (sulfide) groups is 1. The molecule has 0 spiro atoms. The average molecular weight is 537 g/mol. The molecule has 5 rings (SSSR count). The molecule has 0 fully saturated rings. The second-order valence-electron chi connectivity index (χ2n) is 7.71. The molecule has 3 heterocycles. The number of benzene rings is 2. The first-order chi connectivity index (χ1) is 17.4. The largest absolute Gasteiger partial charge is 0.462 e. The standard InChI is InChI=1S/C25H20N4O4S3/c1-3-33-23(32)15-9-10-16-17(11-15)36-25(26-16)27-18(30)12-34-24-28-21(31)20-19(13(2)35-22(20)29-24)14-7-5-4-6-8-14/h4-11H,3,12H2,1-2H3,(H,26,27,30)(H,28,29,31). The number of fused-ring (bicyclic) bond motifs is 2. The van der Waals surface area contributed by atoms with Gasteiger partial charge in [-0.1, -0.05) is 53.4 Å². The third-order valence-electron chi connectivity index (χ3n) is 5.26. The van der Waals surface area contributed by atoms with Gasteiger partial charge in [0.1, 0.15) is 4.83 Å². The highest BCUT2D eigenvalue weighted by Gasteiger charge is 2.17. The normalized spacial score (nSPS) is 11.2. The highest BCUT2D eigenvalue weighted by molar-refractivity contribution is 7.99. The van der Waals surface area contributed by atoms with Crippen LogP contribution in [-0.2, 0) is 9.53 Å². The molecule has 1 amide bonds. The van der Waals surface area contributed by atoms with Gasteiger partial charge in [-0.15, -0.1) is 11.3 Å². The van der Waals surface area contributed by atoms with E-state index in [2.05, 4.69) is 20.3 Å². The van der Waals surface area contributed by atoms with Crippen molar-refractivity contribution in [3.63, 3.8) is 0 Å². The minimum Gasteiger partial charge on any atom is -0.462 e. The molecule has 0 atom stereocenters. The summed E-state index contributed by atoms with van der Waals surface area (Å²) in [5.74, 6) is -0.626. The van der Waals surface area contributed by atoms with Crippen molar-refractivity contribution in [3.05, 3.63) is 69.3 Å². The van der Waals surface area contributed by atoms with Crippen molar-refractivity contribution in [1.29, 1.82) is 0 Å². The van der Waals surface area contributed by atoms with Gasteiger partial charge in [-0.2, -0.15) is 0 Å². The van der Waals surface area contributed by atoms with E-state index in [1.54, 1.807) is 25.1 Å². The molecule has 36 heavy (non-hydrogen) atoms. The van der Waals surface area contributed by atoms with Crippen LogP contribution in [0.3, 0.4) is 0 Å². The molecule has 8 nitrogen and oxygen atoms in total. The van der Waals surface area contributed by atoms with E-state index in [1.165, 1.54) is 22.7 Å². The Morgan fingerprint density at radius 1 is 1.11 bits per heavy atom. The maximum Gasteiger partial charge on any atom is 0.338 e. The van der Waals surface area contributed by atoms with Crippen molar-refractivity contribution in [2.75, 3.05) is 17.7 Å². The second-order valence-corrected chi connectivity index (χ2v) is 10.9. The Balaban J connectivity index is 1.29. The molecule has 0 aliphatic rings. The number of anilines is 1. The topological polar surface area (TPSA) is 114 Å². The summed E-state index contributed by atoms with van der Waals surface area (Å²) in [5, 5.41) is 4.15. The Labute approximate surface area is 217 Å². The summed E-state index contributed by atoms with van der Waals surface area (Å²) in [5.41, 5.74) is 2.75. The lowest BCUT2D eigenvalue weighted by Gasteiger charge is -2.03. The number of thiophene rings is 1. The first-order valence-corrected chi connectivity index (χ1v) is 13.6. The maximum absolute atomic E-state index is 12.9. The molecule has 0 saturated heterocycles. The summed E-state index contributed by atoms with van der Waals surface area (Å²) in [7, 11) is 0. The van der Waals surface area contributed by atoms with E-state index in [9.17, 15) is 14.4 Å². The third kappa shape index (κ3) is 4.90. The number of carbonyl (C=O) groups excluding carboxylic acids is 2. The Hall–Kier alpha value is -3.54. The quantitative estimate of drug-likeness (QED) is 0.161. The van der Waals surface area contributed by atoms with E-state index in [1.807, 2.05) is 37.3 Å². The van der Waals surface area contributed by atoms with Gasteiger partial charge in [-0.25, -0.2) is 14.8 Å². The van der Waals surface area contributed by atoms with E-state index in [4.69, 9.17) is 4.74 Å². The number of nitrogens with one attached hydrogen (secondary N) is 2. The minimum atomic E-state index is -0.398. The van der Waals surface area contributed by atoms with Crippen molar-refractivity contribution < 1.29 is 14.3 Å². The zero-order valence-corrected chi connectivity index (χ0v) is 21.7. The number of esters is 1. The number of H-pyrrole nitrogens is 1. The molecule has 0 aliphatic heterocycles. The van der Waals surface area contributed by atoms with E-state index in [-0.39, 0.29) is 17.2 Å². The van der Waals surface area contributed by atoms with Crippen LogP contribution in [0.5, 0.6) is 0 Å². The number of thiazole rings is 1. The summed E-state index contributed by atoms with van der Waals surface area (Å²) in [6.45, 7) is 4.02. The molecule has 0 saturated carbocycles. The molecule has 3 aromatic heterocycles. The van der Waals surface area contributed by atoms with Crippen LogP contribution >= 0.6 is 34.4 Å². The van der Waals surface area contributed by atoms with Crippen LogP contribution in [0.2, 0.25) is 0 Å². The minimum absolute atomic E-state index is 0.0499. The SMILES string of the molecule is CCOC(=O)c1ccc2nc(NC(=O)CSc3nc4sc(C)c(-c5ccccc5)c4c(=O)[nH]3)sc2c1. The Morgan fingerprint density at radius 3 is 2.69 bits per heavy atom. The maximum atomic E-state index is 12.9. The number of aryl methyl sites for hydroxylation is 1. The lowest BCUT2D eigenvalue weighted by atomic mass is 10.0. The summed E-state index contributed by atoms with van der Waals surface area (Å²) < 4.78 is 5.80. The van der Waals surface area contributed by atoms with Crippen LogP contribution in [0, 0.1) is 6.92 Å². The van der Waals surface area contributed by atoms with E-state index in [0.717, 1.165) is 32.5 Å². The van der Waals surface area contributed by atoms with E-state index in [0.29, 0.717) is 38.2 Å². The zero-order chi connectivity index (χ0) is 25.2. The Morgan fingerprint density at radius 2 is 1.92 bits per heavy atom. The number of ether oxygens (including phenoxy) is 1. The van der Waals surface area contributed by atoms with Gasteiger partial charge in [0, 0.05) is 10.4 Å². The fraction of sp³-hybridized carbons (Fsp3) is 0.160. The van der Waals surface area contributed by atoms with Crippen LogP contribution in [-0.4, -0.2) is 39.2 Å². The number of aromatic nitrogens is 3. The van der Waals surface area contributed by atoms with Crippen molar-refractivity contribution in [2.24, 2.45) is 0 Å². The second kappa shape index (κ2) is 10.2. The van der Waals surface area contributed by atoms with Gasteiger partial charge >= 0.3 is 5.97 Å². The molecule has 2 aromatic carbocycles. The smallest absolute Gasteiger partial charge is 0.338 e. The molecule has 0 aliphatic carbocycles. The van der Waals surface area contributed by atoms with Gasteiger partial charge in [0.05, 0.1) is 33.5 Å². The number of carbonyl (C=O) groups is 2. The number of amides is 1. The number of rotatable bonds is 7. The lowest BCUT2D eigenvalue weighted by Crippen LogP contribution is -2.15. The van der Waals surface area contributed by atoms with Crippen molar-refractivity contribution in [2.45, 2.75) is 19.0 Å². The molecule has 0 bridgehead atoms. The average Bonchev–Trinajstić information content (AvgIpc) is 3.42. The predicted molar refractivity (Wildman–Crippen MR) is 145 cm³/mol. The molecule has 0 radical (unpaired) electrons. The van der Waals surface area contributed by atoms with Gasteiger partial charge < -0.3 is 15.0 Å². The molecule has 2 N–H and O–H groups in total. The fourth-order valence-electron chi connectivity index (χ4n) is 3.73. The lowest BCUT2D eigenvalue weighted by molar-refractivity contribution is -0.113. The molecular weight excluding hydrogens is 517 g/mol. The predicted octanol–water partition coefficient (Wildman–Crippen LogP) is 5.48. The first kappa shape index (κ1) is 24.2. The molecule has 5 aromatic rings. The van der Waals surface area contributed by atoms with Crippen LogP contribution < -0.4 is 10.9 Å². The summed E-state index contributed by atoms with van der Waals surface area (Å²) in [6.07, 6.45) is 0. The van der Waals surface area contributed by atoms with Crippen molar-refractivity contribution in [1.82, 2.24) is 15.0 Å². The van der Waals surface area contributed by atoms with Crippen molar-refractivity contribution >= 4 is 71.9 Å². The third-order valence-corrected chi connectivity index (χ3v) is 8.07. The van der Waals surface area contributed by atoms with Crippen LogP contribution in [0.4, 0.5) is 5.13 Å². The summed E-state index contributed by atoms with van der Waals surface area (Å²) in [6, 6.07) is 14.8. The number of hydrogen-bond acceptors (Lipinski definition) is 9. The van der Waals surface area contributed by atoms with Gasteiger partial charge in [-0.05, 0) is 37.6 Å².